The number of halogens is 2. The topological polar surface area (TPSA) is 214 Å². The van der Waals surface area contributed by atoms with Gasteiger partial charge in [-0.2, -0.15) is 0 Å². The first-order valence-corrected chi connectivity index (χ1v) is 22.3. The lowest BCUT2D eigenvalue weighted by molar-refractivity contribution is -0.137. The van der Waals surface area contributed by atoms with Crippen molar-refractivity contribution in [2.45, 2.75) is 70.4 Å². The fourth-order valence-electron chi connectivity index (χ4n) is 9.90. The summed E-state index contributed by atoms with van der Waals surface area (Å²) in [6.45, 7) is 5.88. The summed E-state index contributed by atoms with van der Waals surface area (Å²) < 4.78 is 29.1. The molecule has 3 saturated heterocycles. The number of piperidine rings is 2. The van der Waals surface area contributed by atoms with Crippen molar-refractivity contribution in [2.75, 3.05) is 76.2 Å². The Morgan fingerprint density at radius 1 is 0.969 bits per heavy atom. The molecule has 65 heavy (non-hydrogen) atoms. The maximum atomic E-state index is 14.5. The number of carbonyl (C=O) groups excluding carboxylic acids is 6. The van der Waals surface area contributed by atoms with Gasteiger partial charge in [0.1, 0.15) is 11.9 Å². The zero-order chi connectivity index (χ0) is 46.1. The highest BCUT2D eigenvalue weighted by Gasteiger charge is 2.46. The van der Waals surface area contributed by atoms with Crippen molar-refractivity contribution in [1.29, 1.82) is 10.8 Å². The molecule has 0 saturated carbocycles. The molecule has 2 aromatic carbocycles. The van der Waals surface area contributed by atoms with Crippen LogP contribution in [0.1, 0.15) is 89.3 Å². The first kappa shape index (κ1) is 45.1. The number of benzene rings is 2. The van der Waals surface area contributed by atoms with Crippen LogP contribution in [0, 0.1) is 16.7 Å². The van der Waals surface area contributed by atoms with Crippen LogP contribution in [0.5, 0.6) is 0 Å². The number of anilines is 2. The quantitative estimate of drug-likeness (QED) is 0.0977. The molecule has 0 aliphatic carbocycles. The number of imide groups is 2. The predicted octanol–water partition coefficient (Wildman–Crippen LogP) is 3.10. The molecule has 8 rings (SSSR count). The summed E-state index contributed by atoms with van der Waals surface area (Å²) in [5.41, 5.74) is 4.16. The molecule has 6 aliphatic rings. The molecule has 17 nitrogen and oxygen atoms in total. The second kappa shape index (κ2) is 18.9. The lowest BCUT2D eigenvalue weighted by atomic mass is 9.91. The average molecular weight is 896 g/mol. The number of fused-ring (bicyclic) bond motifs is 2. The van der Waals surface area contributed by atoms with Gasteiger partial charge in [-0.25, -0.2) is 8.78 Å². The minimum atomic E-state index is -2.80. The zero-order valence-corrected chi connectivity index (χ0v) is 36.6. The second-order valence-corrected chi connectivity index (χ2v) is 17.6. The van der Waals surface area contributed by atoms with E-state index in [2.05, 4.69) is 26.2 Å². The van der Waals surface area contributed by atoms with Gasteiger partial charge in [0.15, 0.2) is 0 Å². The Labute approximate surface area is 375 Å². The molecule has 0 radical (unpaired) electrons. The van der Waals surface area contributed by atoms with Gasteiger partial charge in [0.2, 0.25) is 23.6 Å². The Kier molecular flexibility index (Phi) is 13.1. The van der Waals surface area contributed by atoms with E-state index in [1.54, 1.807) is 41.1 Å². The minimum Gasteiger partial charge on any atom is -0.393 e. The Hall–Kier alpha value is -6.50. The largest absolute Gasteiger partial charge is 0.393 e. The Morgan fingerprint density at radius 3 is 2.43 bits per heavy atom. The van der Waals surface area contributed by atoms with Crippen LogP contribution in [0.4, 0.5) is 20.2 Å². The van der Waals surface area contributed by atoms with Crippen LogP contribution in [0.3, 0.4) is 0 Å². The highest BCUT2D eigenvalue weighted by Crippen LogP contribution is 2.38. The summed E-state index contributed by atoms with van der Waals surface area (Å²) in [5, 5.41) is 29.4. The smallest absolute Gasteiger partial charge is 0.264 e. The van der Waals surface area contributed by atoms with Gasteiger partial charge in [0.05, 0.1) is 24.2 Å². The summed E-state index contributed by atoms with van der Waals surface area (Å²) in [6, 6.07) is 7.11. The maximum Gasteiger partial charge on any atom is 0.264 e. The minimum absolute atomic E-state index is 0.0260. The molecule has 6 heterocycles. The Bertz CT molecular complexity index is 2390. The summed E-state index contributed by atoms with van der Waals surface area (Å²) in [7, 11) is 1.65. The molecule has 0 aromatic heterocycles. The number of allylic oxidation sites excluding steroid dienone is 1. The number of amides is 6. The van der Waals surface area contributed by atoms with Gasteiger partial charge >= 0.3 is 0 Å². The summed E-state index contributed by atoms with van der Waals surface area (Å²) >= 11 is 0. The molecule has 344 valence electrons. The van der Waals surface area contributed by atoms with Crippen LogP contribution in [-0.4, -0.2) is 145 Å². The van der Waals surface area contributed by atoms with Gasteiger partial charge in [-0.3, -0.25) is 49.3 Å². The second-order valence-electron chi connectivity index (χ2n) is 17.6. The lowest BCUT2D eigenvalue weighted by Crippen LogP contribution is -2.55. The van der Waals surface area contributed by atoms with Crippen molar-refractivity contribution in [1.82, 2.24) is 35.6 Å². The molecular formula is C46H55F2N11O6. The molecule has 1 atom stereocenters. The highest BCUT2D eigenvalue weighted by molar-refractivity contribution is 6.25. The van der Waals surface area contributed by atoms with Crippen LogP contribution in [0.15, 0.2) is 47.8 Å². The van der Waals surface area contributed by atoms with Crippen LogP contribution < -0.4 is 26.2 Å². The summed E-state index contributed by atoms with van der Waals surface area (Å²) in [6.07, 6.45) is 3.10. The number of hydrogen-bond donors (Lipinski definition) is 6. The molecular weight excluding hydrogens is 841 g/mol. The van der Waals surface area contributed by atoms with E-state index in [9.17, 15) is 43.0 Å². The van der Waals surface area contributed by atoms with Gasteiger partial charge in [0, 0.05) is 131 Å². The van der Waals surface area contributed by atoms with Crippen LogP contribution >= 0.6 is 0 Å². The number of likely N-dealkylation sites (tertiary alicyclic amines) is 2. The monoisotopic (exact) mass is 895 g/mol. The molecule has 6 aliphatic heterocycles. The van der Waals surface area contributed by atoms with Gasteiger partial charge in [-0.05, 0) is 67.5 Å². The highest BCUT2D eigenvalue weighted by atomic mass is 19.3. The van der Waals surface area contributed by atoms with E-state index in [1.165, 1.54) is 19.2 Å². The van der Waals surface area contributed by atoms with Crippen LogP contribution in [0.25, 0.3) is 5.57 Å². The van der Waals surface area contributed by atoms with Crippen molar-refractivity contribution < 1.29 is 37.5 Å². The molecule has 0 spiro atoms. The number of aryl methyl sites for hydroxylation is 1. The van der Waals surface area contributed by atoms with Crippen molar-refractivity contribution in [2.24, 2.45) is 5.92 Å². The molecule has 6 N–H and O–H groups in total. The SMILES string of the molecule is CN/C=C(\C=N)c1cc2c(cc1C(F)F)N(C(=N)C1=C(NC3CCN(C(=O)CN4CC(CNc5cccc6c5C(=O)N(C5CCC(=O)NC5=O)C6=O)C4)CC3)CCN(C(C)=O)C1)CCC2. The molecule has 0 bridgehead atoms. The molecule has 19 heteroatoms. The Balaban J connectivity index is 0.853. The fraction of sp³-hybridized carbons (Fsp3) is 0.478. The first-order valence-electron chi connectivity index (χ1n) is 22.3. The average Bonchev–Trinajstić information content (AvgIpc) is 3.54. The van der Waals surface area contributed by atoms with E-state index in [-0.39, 0.29) is 77.8 Å². The van der Waals surface area contributed by atoms with E-state index >= 15 is 0 Å². The van der Waals surface area contributed by atoms with Crippen molar-refractivity contribution >= 4 is 64.4 Å². The summed E-state index contributed by atoms with van der Waals surface area (Å²) in [4.78, 5) is 85.3. The van der Waals surface area contributed by atoms with Crippen LogP contribution in [0.2, 0.25) is 0 Å². The normalized spacial score (nSPS) is 21.0. The molecule has 6 amide bonds. The van der Waals surface area contributed by atoms with Gasteiger partial charge in [0.25, 0.3) is 18.2 Å². The number of hydrogen-bond acceptors (Lipinski definition) is 12. The van der Waals surface area contributed by atoms with Crippen molar-refractivity contribution in [3.8, 4) is 0 Å². The van der Waals surface area contributed by atoms with Crippen LogP contribution in [-0.2, 0) is 25.6 Å². The van der Waals surface area contributed by atoms with E-state index in [0.717, 1.165) is 22.4 Å². The fourth-order valence-corrected chi connectivity index (χ4v) is 9.90. The zero-order valence-electron chi connectivity index (χ0n) is 36.6. The third-order valence-corrected chi connectivity index (χ3v) is 13.4. The number of alkyl halides is 2. The number of nitrogens with one attached hydrogen (secondary N) is 6. The first-order chi connectivity index (χ1) is 31.3. The third kappa shape index (κ3) is 9.10. The van der Waals surface area contributed by atoms with E-state index in [4.69, 9.17) is 5.41 Å². The standard InChI is InChI=1S/C46H55F2N11O6/c1-26(60)57-16-12-35(34(24-57)43(50)58-13-4-5-28-17-32(29(19-49)21-51-2)33(42(47)48)18-38(28)58)53-30-10-14-56(15-11-30)40(62)25-55-22-27(23-55)20-52-36-7-3-6-31-41(36)46(65)59(45(31)64)37-8-9-39(61)54-44(37)63/h3,6-7,17-19,21,27,30,37,42,49-53H,4-5,8-16,20,22-25H2,1-2H3,(H,54,61,63)/b29-21+,49-19?,50-43?. The number of amidine groups is 1. The number of nitrogens with zero attached hydrogens (tertiary/aromatic N) is 5. The number of carbonyl (C=O) groups is 6. The lowest BCUT2D eigenvalue weighted by Gasteiger charge is -2.41. The predicted molar refractivity (Wildman–Crippen MR) is 239 cm³/mol. The maximum absolute atomic E-state index is 14.5. The Morgan fingerprint density at radius 2 is 1.74 bits per heavy atom. The summed E-state index contributed by atoms with van der Waals surface area (Å²) in [5.74, 6) is -1.93. The van der Waals surface area contributed by atoms with Crippen molar-refractivity contribution in [3.63, 3.8) is 0 Å². The number of rotatable bonds is 13. The van der Waals surface area contributed by atoms with E-state index in [0.29, 0.717) is 100 Å². The van der Waals surface area contributed by atoms with Gasteiger partial charge in [-0.1, -0.05) is 6.07 Å². The molecule has 2 aromatic rings. The van der Waals surface area contributed by atoms with Gasteiger partial charge < -0.3 is 36.1 Å². The third-order valence-electron chi connectivity index (χ3n) is 13.4. The van der Waals surface area contributed by atoms with Crippen molar-refractivity contribution in [3.05, 3.63) is 75.6 Å². The molecule has 3 fully saturated rings. The van der Waals surface area contributed by atoms with E-state index < -0.39 is 36.1 Å². The van der Waals surface area contributed by atoms with Gasteiger partial charge in [-0.15, -0.1) is 0 Å². The van der Waals surface area contributed by atoms with E-state index in [1.807, 2.05) is 4.90 Å². The molecule has 1 unspecified atom stereocenters.